The van der Waals surface area contributed by atoms with Gasteiger partial charge in [0.1, 0.15) is 5.41 Å². The molecule has 2 rings (SSSR count). The molecule has 0 unspecified atom stereocenters. The molecule has 0 saturated heterocycles. The summed E-state index contributed by atoms with van der Waals surface area (Å²) in [4.78, 5) is 17.8. The second-order valence-corrected chi connectivity index (χ2v) is 6.46. The van der Waals surface area contributed by atoms with Crippen LogP contribution >= 0.6 is 11.3 Å². The second kappa shape index (κ2) is 4.88. The average molecular weight is 268 g/mol. The molecule has 1 aliphatic rings. The number of aliphatic carboxylic acids is 1. The van der Waals surface area contributed by atoms with Gasteiger partial charge in [0.05, 0.1) is 5.69 Å². The van der Waals surface area contributed by atoms with Crippen molar-refractivity contribution in [2.75, 3.05) is 18.5 Å². The van der Waals surface area contributed by atoms with E-state index in [4.69, 9.17) is 0 Å². The van der Waals surface area contributed by atoms with E-state index in [1.807, 2.05) is 12.4 Å². The van der Waals surface area contributed by atoms with Crippen molar-refractivity contribution < 1.29 is 9.90 Å². The molecule has 0 spiro atoms. The third-order valence-electron chi connectivity index (χ3n) is 3.75. The van der Waals surface area contributed by atoms with E-state index in [9.17, 15) is 9.90 Å². The first kappa shape index (κ1) is 13.3. The standard InChI is InChI=1S/C13H20N2O2S/c1-13(2,11(16)17)10-8-18-12(14-10)15(3)7-9-5-4-6-9/h8-9H,4-7H2,1-3H3,(H,16,17). The highest BCUT2D eigenvalue weighted by Crippen LogP contribution is 2.32. The first-order valence-corrected chi connectivity index (χ1v) is 7.19. The lowest BCUT2D eigenvalue weighted by Gasteiger charge is -2.29. The molecule has 100 valence electrons. The van der Waals surface area contributed by atoms with Crippen molar-refractivity contribution in [1.29, 1.82) is 0 Å². The van der Waals surface area contributed by atoms with Crippen LogP contribution in [0.3, 0.4) is 0 Å². The molecule has 1 fully saturated rings. The number of carboxylic acids is 1. The second-order valence-electron chi connectivity index (χ2n) is 5.62. The van der Waals surface area contributed by atoms with Gasteiger partial charge in [-0.1, -0.05) is 6.42 Å². The largest absolute Gasteiger partial charge is 0.481 e. The molecule has 4 nitrogen and oxygen atoms in total. The molecule has 1 aromatic heterocycles. The number of hydrogen-bond donors (Lipinski definition) is 1. The van der Waals surface area contributed by atoms with Crippen LogP contribution in [0.5, 0.6) is 0 Å². The van der Waals surface area contributed by atoms with Crippen molar-refractivity contribution in [3.05, 3.63) is 11.1 Å². The van der Waals surface area contributed by atoms with Gasteiger partial charge in [0, 0.05) is 19.0 Å². The lowest BCUT2D eigenvalue weighted by atomic mass is 9.85. The third-order valence-corrected chi connectivity index (χ3v) is 4.71. The van der Waals surface area contributed by atoms with Gasteiger partial charge in [0.15, 0.2) is 5.13 Å². The van der Waals surface area contributed by atoms with Gasteiger partial charge < -0.3 is 10.0 Å². The minimum absolute atomic E-state index is 0.649. The molecular formula is C13H20N2O2S. The SMILES string of the molecule is CN(CC1CCC1)c1nc(C(C)(C)C(=O)O)cs1. The van der Waals surface area contributed by atoms with E-state index in [1.165, 1.54) is 30.6 Å². The fourth-order valence-corrected chi connectivity index (χ4v) is 2.95. The lowest BCUT2D eigenvalue weighted by Crippen LogP contribution is -2.30. The van der Waals surface area contributed by atoms with Crippen molar-refractivity contribution in [2.45, 2.75) is 38.5 Å². The first-order valence-electron chi connectivity index (χ1n) is 6.32. The molecule has 1 N–H and O–H groups in total. The van der Waals surface area contributed by atoms with Gasteiger partial charge in [0.2, 0.25) is 0 Å². The zero-order valence-corrected chi connectivity index (χ0v) is 12.0. The Morgan fingerprint density at radius 1 is 1.61 bits per heavy atom. The summed E-state index contributed by atoms with van der Waals surface area (Å²) in [5.74, 6) is -0.0455. The molecule has 0 bridgehead atoms. The predicted molar refractivity (Wildman–Crippen MR) is 73.4 cm³/mol. The van der Waals surface area contributed by atoms with Crippen LogP contribution in [0.1, 0.15) is 38.8 Å². The Bertz CT molecular complexity index is 438. The van der Waals surface area contributed by atoms with Gasteiger partial charge in [-0.15, -0.1) is 11.3 Å². The number of nitrogens with zero attached hydrogens (tertiary/aromatic N) is 2. The maximum Gasteiger partial charge on any atom is 0.315 e. The van der Waals surface area contributed by atoms with E-state index in [2.05, 4.69) is 9.88 Å². The molecule has 1 saturated carbocycles. The van der Waals surface area contributed by atoms with E-state index in [1.54, 1.807) is 13.8 Å². The minimum Gasteiger partial charge on any atom is -0.481 e. The van der Waals surface area contributed by atoms with Crippen LogP contribution in [0.2, 0.25) is 0 Å². The highest BCUT2D eigenvalue weighted by molar-refractivity contribution is 7.13. The van der Waals surface area contributed by atoms with E-state index in [-0.39, 0.29) is 0 Å². The number of aromatic nitrogens is 1. The first-order chi connectivity index (χ1) is 8.41. The maximum atomic E-state index is 11.2. The van der Waals surface area contributed by atoms with E-state index in [0.717, 1.165) is 17.6 Å². The fraction of sp³-hybridized carbons (Fsp3) is 0.692. The highest BCUT2D eigenvalue weighted by Gasteiger charge is 2.32. The molecule has 1 aromatic rings. The van der Waals surface area contributed by atoms with Gasteiger partial charge in [-0.25, -0.2) is 4.98 Å². The van der Waals surface area contributed by atoms with Gasteiger partial charge >= 0.3 is 5.97 Å². The van der Waals surface area contributed by atoms with E-state index >= 15 is 0 Å². The summed E-state index contributed by atoms with van der Waals surface area (Å²) < 4.78 is 0. The van der Waals surface area contributed by atoms with Crippen LogP contribution in [-0.4, -0.2) is 29.7 Å². The summed E-state index contributed by atoms with van der Waals surface area (Å²) in [6.45, 7) is 4.42. The average Bonchev–Trinajstić information content (AvgIpc) is 2.72. The number of carbonyl (C=O) groups is 1. The quantitative estimate of drug-likeness (QED) is 0.892. The summed E-state index contributed by atoms with van der Waals surface area (Å²) in [7, 11) is 2.04. The number of rotatable bonds is 5. The van der Waals surface area contributed by atoms with Crippen LogP contribution in [0, 0.1) is 5.92 Å². The van der Waals surface area contributed by atoms with Crippen LogP contribution in [0.4, 0.5) is 5.13 Å². The van der Waals surface area contributed by atoms with Crippen LogP contribution in [-0.2, 0) is 10.2 Å². The normalized spacial score (nSPS) is 16.4. The molecule has 0 aliphatic heterocycles. The Labute approximate surface area is 112 Å². The van der Waals surface area contributed by atoms with E-state index in [0.29, 0.717) is 5.69 Å². The molecule has 0 atom stereocenters. The predicted octanol–water partition coefficient (Wildman–Crippen LogP) is 2.74. The summed E-state index contributed by atoms with van der Waals surface area (Å²) in [5.41, 5.74) is -0.262. The summed E-state index contributed by atoms with van der Waals surface area (Å²) in [5, 5.41) is 12.0. The van der Waals surface area contributed by atoms with Gasteiger partial charge in [0.25, 0.3) is 0 Å². The van der Waals surface area contributed by atoms with Crippen molar-refractivity contribution in [1.82, 2.24) is 4.98 Å². The minimum atomic E-state index is -0.911. The summed E-state index contributed by atoms with van der Waals surface area (Å²) in [6, 6.07) is 0. The fourth-order valence-electron chi connectivity index (χ4n) is 1.98. The van der Waals surface area contributed by atoms with Gasteiger partial charge in [-0.05, 0) is 32.6 Å². The zero-order valence-electron chi connectivity index (χ0n) is 11.1. The summed E-state index contributed by atoms with van der Waals surface area (Å²) in [6.07, 6.45) is 3.96. The maximum absolute atomic E-state index is 11.2. The lowest BCUT2D eigenvalue weighted by molar-refractivity contribution is -0.142. The van der Waals surface area contributed by atoms with Crippen molar-refractivity contribution in [3.8, 4) is 0 Å². The number of anilines is 1. The van der Waals surface area contributed by atoms with Gasteiger partial charge in [-0.2, -0.15) is 0 Å². The summed E-state index contributed by atoms with van der Waals surface area (Å²) >= 11 is 1.53. The number of hydrogen-bond acceptors (Lipinski definition) is 4. The molecule has 0 radical (unpaired) electrons. The Balaban J connectivity index is 2.07. The molecule has 0 aromatic carbocycles. The smallest absolute Gasteiger partial charge is 0.315 e. The van der Waals surface area contributed by atoms with Crippen LogP contribution in [0.15, 0.2) is 5.38 Å². The van der Waals surface area contributed by atoms with Crippen molar-refractivity contribution in [2.24, 2.45) is 5.92 Å². The highest BCUT2D eigenvalue weighted by atomic mass is 32.1. The number of carboxylic acid groups (broad SMARTS) is 1. The van der Waals surface area contributed by atoms with E-state index < -0.39 is 11.4 Å². The molecule has 18 heavy (non-hydrogen) atoms. The van der Waals surface area contributed by atoms with Crippen molar-refractivity contribution in [3.63, 3.8) is 0 Å². The molecule has 0 amide bonds. The number of thiazole rings is 1. The van der Waals surface area contributed by atoms with Crippen molar-refractivity contribution >= 4 is 22.4 Å². The molecule has 1 aliphatic carbocycles. The Morgan fingerprint density at radius 3 is 2.78 bits per heavy atom. The Kier molecular flexibility index (Phi) is 3.61. The van der Waals surface area contributed by atoms with Gasteiger partial charge in [-0.3, -0.25) is 4.79 Å². The van der Waals surface area contributed by atoms with Crippen LogP contribution in [0.25, 0.3) is 0 Å². The Hall–Kier alpha value is -1.10. The molecule has 1 heterocycles. The zero-order chi connectivity index (χ0) is 13.3. The molecule has 5 heteroatoms. The van der Waals surface area contributed by atoms with Crippen LogP contribution < -0.4 is 4.90 Å². The Morgan fingerprint density at radius 2 is 2.28 bits per heavy atom. The molecular weight excluding hydrogens is 248 g/mol. The topological polar surface area (TPSA) is 53.4 Å². The third kappa shape index (κ3) is 2.51. The monoisotopic (exact) mass is 268 g/mol.